The molecule has 2 heterocycles. The number of hydrogen-bond donors (Lipinski definition) is 0. The Kier molecular flexibility index (Phi) is 5.09. The maximum absolute atomic E-state index is 4.32. The molecule has 22 heavy (non-hydrogen) atoms. The molecule has 2 heteroatoms. The standard InChI is InChI=1S/C20H28N2/c1-16(2)18-10-8-17(9-11-18)15-22-13-4-3-7-20(22)19-6-5-12-21-14-19/h5-6,8,12,14,18,20H,1,3-4,7,9-11,13,15H2,2H3/t18-,20-/m0/s1. The van der Waals surface area contributed by atoms with Gasteiger partial charge in [-0.3, -0.25) is 9.88 Å². The van der Waals surface area contributed by atoms with Gasteiger partial charge in [-0.15, -0.1) is 0 Å². The van der Waals surface area contributed by atoms with Crippen LogP contribution in [0.4, 0.5) is 0 Å². The fourth-order valence-corrected chi connectivity index (χ4v) is 3.87. The molecule has 0 aromatic carbocycles. The summed E-state index contributed by atoms with van der Waals surface area (Å²) in [7, 11) is 0. The summed E-state index contributed by atoms with van der Waals surface area (Å²) in [5, 5.41) is 0. The number of aromatic nitrogens is 1. The smallest absolute Gasteiger partial charge is 0.0366 e. The Morgan fingerprint density at radius 3 is 2.95 bits per heavy atom. The van der Waals surface area contributed by atoms with E-state index in [0.29, 0.717) is 12.0 Å². The molecule has 1 aliphatic heterocycles. The van der Waals surface area contributed by atoms with E-state index in [4.69, 9.17) is 0 Å². The maximum Gasteiger partial charge on any atom is 0.0366 e. The molecule has 0 bridgehead atoms. The van der Waals surface area contributed by atoms with E-state index in [1.807, 2.05) is 6.20 Å². The highest BCUT2D eigenvalue weighted by atomic mass is 15.2. The van der Waals surface area contributed by atoms with Gasteiger partial charge in [0.05, 0.1) is 0 Å². The Balaban J connectivity index is 1.66. The van der Waals surface area contributed by atoms with Crippen molar-refractivity contribution in [3.63, 3.8) is 0 Å². The summed E-state index contributed by atoms with van der Waals surface area (Å²) in [5.74, 6) is 0.708. The van der Waals surface area contributed by atoms with Crippen LogP contribution in [-0.2, 0) is 0 Å². The van der Waals surface area contributed by atoms with Gasteiger partial charge < -0.3 is 0 Å². The molecule has 0 amide bonds. The van der Waals surface area contributed by atoms with Gasteiger partial charge in [-0.1, -0.05) is 36.3 Å². The molecule has 2 aliphatic rings. The molecule has 1 aromatic rings. The summed E-state index contributed by atoms with van der Waals surface area (Å²) in [4.78, 5) is 6.99. The number of pyridine rings is 1. The predicted molar refractivity (Wildman–Crippen MR) is 92.6 cm³/mol. The SMILES string of the molecule is C=C(C)[C@H]1CC=C(CN2CCCC[C@H]2c2cccnc2)CC1. The zero-order chi connectivity index (χ0) is 15.4. The molecule has 0 spiro atoms. The van der Waals surface area contributed by atoms with Crippen molar-refractivity contribution in [1.29, 1.82) is 0 Å². The minimum absolute atomic E-state index is 0.558. The molecule has 1 aliphatic carbocycles. The summed E-state index contributed by atoms with van der Waals surface area (Å²) in [6.07, 6.45) is 14.1. The Morgan fingerprint density at radius 2 is 2.27 bits per heavy atom. The molecule has 118 valence electrons. The van der Waals surface area contributed by atoms with Crippen molar-refractivity contribution in [1.82, 2.24) is 9.88 Å². The van der Waals surface area contributed by atoms with E-state index in [1.165, 1.54) is 56.2 Å². The highest BCUT2D eigenvalue weighted by Crippen LogP contribution is 2.34. The van der Waals surface area contributed by atoms with E-state index in [9.17, 15) is 0 Å². The fraction of sp³-hybridized carbons (Fsp3) is 0.550. The molecule has 0 saturated carbocycles. The third-order valence-corrected chi connectivity index (χ3v) is 5.29. The van der Waals surface area contributed by atoms with E-state index < -0.39 is 0 Å². The first kappa shape index (κ1) is 15.5. The lowest BCUT2D eigenvalue weighted by Crippen LogP contribution is -2.35. The summed E-state index contributed by atoms with van der Waals surface area (Å²) >= 11 is 0. The third kappa shape index (κ3) is 3.67. The highest BCUT2D eigenvalue weighted by Gasteiger charge is 2.25. The second-order valence-corrected chi connectivity index (χ2v) is 6.95. The van der Waals surface area contributed by atoms with Crippen molar-refractivity contribution in [2.24, 2.45) is 5.92 Å². The van der Waals surface area contributed by atoms with Gasteiger partial charge in [0.15, 0.2) is 0 Å². The lowest BCUT2D eigenvalue weighted by atomic mass is 9.85. The summed E-state index contributed by atoms with van der Waals surface area (Å²) in [5.41, 5.74) is 4.37. The monoisotopic (exact) mass is 296 g/mol. The van der Waals surface area contributed by atoms with Gasteiger partial charge in [0.25, 0.3) is 0 Å². The molecule has 0 unspecified atom stereocenters. The molecule has 0 N–H and O–H groups in total. The second kappa shape index (κ2) is 7.23. The minimum atomic E-state index is 0.558. The van der Waals surface area contributed by atoms with Crippen LogP contribution in [0.3, 0.4) is 0 Å². The van der Waals surface area contributed by atoms with Crippen LogP contribution in [0.25, 0.3) is 0 Å². The van der Waals surface area contributed by atoms with Crippen molar-refractivity contribution >= 4 is 0 Å². The van der Waals surface area contributed by atoms with E-state index >= 15 is 0 Å². The van der Waals surface area contributed by atoms with Crippen molar-refractivity contribution in [2.75, 3.05) is 13.1 Å². The first-order valence-electron chi connectivity index (χ1n) is 8.71. The largest absolute Gasteiger partial charge is 0.292 e. The summed E-state index contributed by atoms with van der Waals surface area (Å²) in [6.45, 7) is 8.66. The molecule has 0 radical (unpaired) electrons. The van der Waals surface area contributed by atoms with Crippen LogP contribution in [0.2, 0.25) is 0 Å². The zero-order valence-corrected chi connectivity index (χ0v) is 13.8. The van der Waals surface area contributed by atoms with Gasteiger partial charge in [-0.25, -0.2) is 0 Å². The average molecular weight is 296 g/mol. The van der Waals surface area contributed by atoms with Gasteiger partial charge >= 0.3 is 0 Å². The quantitative estimate of drug-likeness (QED) is 0.734. The van der Waals surface area contributed by atoms with Crippen LogP contribution in [0.5, 0.6) is 0 Å². The third-order valence-electron chi connectivity index (χ3n) is 5.29. The average Bonchev–Trinajstić information content (AvgIpc) is 2.57. The maximum atomic E-state index is 4.32. The summed E-state index contributed by atoms with van der Waals surface area (Å²) in [6, 6.07) is 4.86. The van der Waals surface area contributed by atoms with Gasteiger partial charge in [-0.2, -0.15) is 0 Å². The van der Waals surface area contributed by atoms with E-state index in [0.717, 1.165) is 6.54 Å². The highest BCUT2D eigenvalue weighted by molar-refractivity contribution is 5.18. The molecule has 3 rings (SSSR count). The first-order chi connectivity index (χ1) is 10.7. The molecule has 1 aromatic heterocycles. The van der Waals surface area contributed by atoms with Crippen LogP contribution in [0, 0.1) is 5.92 Å². The predicted octanol–water partition coefficient (Wildman–Crippen LogP) is 4.91. The number of rotatable bonds is 4. The number of hydrogen-bond acceptors (Lipinski definition) is 2. The minimum Gasteiger partial charge on any atom is -0.292 e. The Bertz CT molecular complexity index is 532. The van der Waals surface area contributed by atoms with Crippen LogP contribution in [0.15, 0.2) is 48.3 Å². The van der Waals surface area contributed by atoms with Crippen molar-refractivity contribution in [3.05, 3.63) is 53.9 Å². The van der Waals surface area contributed by atoms with Gasteiger partial charge in [0.2, 0.25) is 0 Å². The number of allylic oxidation sites excluding steroid dienone is 2. The van der Waals surface area contributed by atoms with Crippen molar-refractivity contribution in [2.45, 2.75) is 51.5 Å². The van der Waals surface area contributed by atoms with Crippen LogP contribution < -0.4 is 0 Å². The second-order valence-electron chi connectivity index (χ2n) is 6.95. The van der Waals surface area contributed by atoms with Gasteiger partial charge in [0.1, 0.15) is 0 Å². The molecule has 2 nitrogen and oxygen atoms in total. The number of likely N-dealkylation sites (tertiary alicyclic amines) is 1. The van der Waals surface area contributed by atoms with Crippen LogP contribution >= 0.6 is 0 Å². The lowest BCUT2D eigenvalue weighted by molar-refractivity contribution is 0.159. The zero-order valence-electron chi connectivity index (χ0n) is 13.8. The molecular formula is C20H28N2. The molecule has 1 fully saturated rings. The summed E-state index contributed by atoms with van der Waals surface area (Å²) < 4.78 is 0. The van der Waals surface area contributed by atoms with Crippen LogP contribution in [-0.4, -0.2) is 23.0 Å². The fourth-order valence-electron chi connectivity index (χ4n) is 3.87. The Morgan fingerprint density at radius 1 is 1.36 bits per heavy atom. The van der Waals surface area contributed by atoms with Crippen molar-refractivity contribution in [3.8, 4) is 0 Å². The lowest BCUT2D eigenvalue weighted by Gasteiger charge is -2.37. The number of nitrogens with zero attached hydrogens (tertiary/aromatic N) is 2. The molecular weight excluding hydrogens is 268 g/mol. The van der Waals surface area contributed by atoms with E-state index in [2.05, 4.69) is 47.8 Å². The van der Waals surface area contributed by atoms with Crippen LogP contribution in [0.1, 0.15) is 57.1 Å². The van der Waals surface area contributed by atoms with Crippen molar-refractivity contribution < 1.29 is 0 Å². The first-order valence-corrected chi connectivity index (χ1v) is 8.71. The van der Waals surface area contributed by atoms with Gasteiger partial charge in [0, 0.05) is 25.0 Å². The molecule has 2 atom stereocenters. The molecule has 1 saturated heterocycles. The Hall–Kier alpha value is -1.41. The topological polar surface area (TPSA) is 16.1 Å². The normalized spacial score (nSPS) is 26.5. The number of piperidine rings is 1. The van der Waals surface area contributed by atoms with E-state index in [1.54, 1.807) is 5.57 Å². The Labute approximate surface area is 134 Å². The van der Waals surface area contributed by atoms with Gasteiger partial charge in [-0.05, 0) is 63.1 Å². The van der Waals surface area contributed by atoms with E-state index in [-0.39, 0.29) is 0 Å².